The van der Waals surface area contributed by atoms with Gasteiger partial charge in [0.05, 0.1) is 23.9 Å². The fourth-order valence-corrected chi connectivity index (χ4v) is 2.24. The molecule has 3 aromatic rings. The first-order chi connectivity index (χ1) is 10.3. The first-order valence-corrected chi connectivity index (χ1v) is 6.85. The van der Waals surface area contributed by atoms with Gasteiger partial charge in [0.25, 0.3) is 0 Å². The summed E-state index contributed by atoms with van der Waals surface area (Å²) in [6.45, 7) is 1.28. The molecule has 0 aliphatic carbocycles. The lowest BCUT2D eigenvalue weighted by molar-refractivity contribution is 0.210. The lowest BCUT2D eigenvalue weighted by Crippen LogP contribution is -2.09. The molecule has 0 fully saturated rings. The van der Waals surface area contributed by atoms with Gasteiger partial charge < -0.3 is 10.1 Å². The fraction of sp³-hybridized carbons (Fsp3) is 0.214. The Hall–Kier alpha value is -2.18. The molecule has 21 heavy (non-hydrogen) atoms. The first kappa shape index (κ1) is 13.8. The Labute approximate surface area is 126 Å². The maximum Gasteiger partial charge on any atom is 0.168 e. The number of nitrogens with one attached hydrogen (secondary N) is 1. The zero-order valence-corrected chi connectivity index (χ0v) is 12.2. The van der Waals surface area contributed by atoms with Crippen LogP contribution in [0.1, 0.15) is 0 Å². The highest BCUT2D eigenvalue weighted by molar-refractivity contribution is 6.30. The van der Waals surface area contributed by atoms with Gasteiger partial charge in [-0.1, -0.05) is 17.7 Å². The van der Waals surface area contributed by atoms with Crippen molar-refractivity contribution >= 4 is 28.5 Å². The molecular formula is C14H14ClN5O. The van der Waals surface area contributed by atoms with Gasteiger partial charge in [-0.05, 0) is 18.2 Å². The number of fused-ring (bicyclic) bond motifs is 1. The molecule has 6 nitrogen and oxygen atoms in total. The number of halogens is 1. The summed E-state index contributed by atoms with van der Waals surface area (Å²) in [4.78, 5) is 8.56. The maximum atomic E-state index is 6.03. The minimum atomic E-state index is 0.605. The molecule has 0 aliphatic heterocycles. The second-order valence-electron chi connectivity index (χ2n) is 4.42. The van der Waals surface area contributed by atoms with Gasteiger partial charge in [-0.25, -0.2) is 14.6 Å². The van der Waals surface area contributed by atoms with E-state index in [9.17, 15) is 0 Å². The van der Waals surface area contributed by atoms with Gasteiger partial charge in [-0.3, -0.25) is 0 Å². The topological polar surface area (TPSA) is 64.9 Å². The number of methoxy groups -OCH3 is 1. The van der Waals surface area contributed by atoms with Gasteiger partial charge in [0.15, 0.2) is 5.65 Å². The Morgan fingerprint density at radius 2 is 2.24 bits per heavy atom. The van der Waals surface area contributed by atoms with Crippen molar-refractivity contribution in [2.24, 2.45) is 0 Å². The molecule has 0 saturated carbocycles. The molecule has 7 heteroatoms. The number of aromatic nitrogens is 4. The third-order valence-electron chi connectivity index (χ3n) is 3.02. The molecule has 1 aromatic carbocycles. The lowest BCUT2D eigenvalue weighted by Gasteiger charge is -2.06. The molecule has 0 aliphatic rings. The van der Waals surface area contributed by atoms with Crippen molar-refractivity contribution < 1.29 is 4.74 Å². The van der Waals surface area contributed by atoms with Gasteiger partial charge in [-0.2, -0.15) is 5.10 Å². The van der Waals surface area contributed by atoms with Crippen LogP contribution in [0.25, 0.3) is 16.7 Å². The summed E-state index contributed by atoms with van der Waals surface area (Å²) in [7, 11) is 1.66. The van der Waals surface area contributed by atoms with E-state index in [-0.39, 0.29) is 0 Å². The van der Waals surface area contributed by atoms with Crippen LogP contribution in [0.15, 0.2) is 36.8 Å². The molecule has 0 radical (unpaired) electrons. The molecular weight excluding hydrogens is 290 g/mol. The zero-order valence-electron chi connectivity index (χ0n) is 11.5. The van der Waals surface area contributed by atoms with Crippen LogP contribution in [-0.4, -0.2) is 40.0 Å². The third-order valence-corrected chi connectivity index (χ3v) is 3.25. The highest BCUT2D eigenvalue weighted by Crippen LogP contribution is 2.22. The number of hydrogen-bond acceptors (Lipinski definition) is 5. The van der Waals surface area contributed by atoms with Crippen molar-refractivity contribution in [3.8, 4) is 5.69 Å². The van der Waals surface area contributed by atoms with E-state index in [1.54, 1.807) is 18.0 Å². The highest BCUT2D eigenvalue weighted by Gasteiger charge is 2.10. The smallest absolute Gasteiger partial charge is 0.168 e. The van der Waals surface area contributed by atoms with Crippen LogP contribution >= 0.6 is 11.6 Å². The maximum absolute atomic E-state index is 6.03. The van der Waals surface area contributed by atoms with E-state index in [0.717, 1.165) is 22.5 Å². The largest absolute Gasteiger partial charge is 0.383 e. The van der Waals surface area contributed by atoms with Gasteiger partial charge in [0.1, 0.15) is 12.1 Å². The standard InChI is InChI=1S/C14H14ClN5O/c1-21-6-5-16-13-12-8-19-20(14(12)18-9-17-13)11-4-2-3-10(15)7-11/h2-4,7-9H,5-6H2,1H3,(H,16,17,18). The monoisotopic (exact) mass is 303 g/mol. The Bertz CT molecular complexity index is 758. The Morgan fingerprint density at radius 3 is 3.05 bits per heavy atom. The number of anilines is 1. The molecule has 0 unspecified atom stereocenters. The Kier molecular flexibility index (Phi) is 3.98. The first-order valence-electron chi connectivity index (χ1n) is 6.47. The van der Waals surface area contributed by atoms with Gasteiger partial charge in [0, 0.05) is 18.7 Å². The summed E-state index contributed by atoms with van der Waals surface area (Å²) < 4.78 is 6.76. The molecule has 2 heterocycles. The molecule has 0 amide bonds. The number of ether oxygens (including phenoxy) is 1. The summed E-state index contributed by atoms with van der Waals surface area (Å²) in [6.07, 6.45) is 3.26. The van der Waals surface area contributed by atoms with Crippen molar-refractivity contribution in [1.82, 2.24) is 19.7 Å². The highest BCUT2D eigenvalue weighted by atomic mass is 35.5. The fourth-order valence-electron chi connectivity index (χ4n) is 2.05. The van der Waals surface area contributed by atoms with E-state index in [1.165, 1.54) is 6.33 Å². The van der Waals surface area contributed by atoms with E-state index in [0.29, 0.717) is 18.2 Å². The second-order valence-corrected chi connectivity index (χ2v) is 4.85. The third kappa shape index (κ3) is 2.81. The molecule has 0 saturated heterocycles. The zero-order chi connectivity index (χ0) is 14.7. The van der Waals surface area contributed by atoms with Crippen LogP contribution in [0.4, 0.5) is 5.82 Å². The van der Waals surface area contributed by atoms with Crippen LogP contribution in [-0.2, 0) is 4.74 Å². The minimum absolute atomic E-state index is 0.605. The number of nitrogens with zero attached hydrogens (tertiary/aromatic N) is 4. The summed E-state index contributed by atoms with van der Waals surface area (Å²) in [5, 5.41) is 9.10. The van der Waals surface area contributed by atoms with Crippen molar-refractivity contribution in [2.75, 3.05) is 25.6 Å². The van der Waals surface area contributed by atoms with Gasteiger partial charge in [-0.15, -0.1) is 0 Å². The summed E-state index contributed by atoms with van der Waals surface area (Å²) in [5.74, 6) is 0.741. The molecule has 1 N–H and O–H groups in total. The SMILES string of the molecule is COCCNc1ncnc2c1cnn2-c1cccc(Cl)c1. The van der Waals surface area contributed by atoms with E-state index in [1.807, 2.05) is 24.3 Å². The van der Waals surface area contributed by atoms with E-state index in [4.69, 9.17) is 16.3 Å². The second kappa shape index (κ2) is 6.07. The minimum Gasteiger partial charge on any atom is -0.383 e. The predicted molar refractivity (Wildman–Crippen MR) is 82.0 cm³/mol. The molecule has 0 bridgehead atoms. The lowest BCUT2D eigenvalue weighted by atomic mass is 10.3. The normalized spacial score (nSPS) is 11.0. The summed E-state index contributed by atoms with van der Waals surface area (Å²) in [5.41, 5.74) is 1.59. The summed E-state index contributed by atoms with van der Waals surface area (Å²) >= 11 is 6.03. The van der Waals surface area contributed by atoms with Crippen LogP contribution in [0.3, 0.4) is 0 Å². The van der Waals surface area contributed by atoms with Crippen LogP contribution in [0.5, 0.6) is 0 Å². The van der Waals surface area contributed by atoms with Crippen molar-refractivity contribution in [2.45, 2.75) is 0 Å². The van der Waals surface area contributed by atoms with Crippen molar-refractivity contribution in [3.05, 3.63) is 41.8 Å². The predicted octanol–water partition coefficient (Wildman–Crippen LogP) is 2.53. The Balaban J connectivity index is 2.01. The number of hydrogen-bond donors (Lipinski definition) is 1. The Morgan fingerprint density at radius 1 is 1.33 bits per heavy atom. The number of rotatable bonds is 5. The molecule has 0 atom stereocenters. The molecule has 3 rings (SSSR count). The van der Waals surface area contributed by atoms with Crippen molar-refractivity contribution in [1.29, 1.82) is 0 Å². The van der Waals surface area contributed by atoms with Crippen LogP contribution in [0.2, 0.25) is 5.02 Å². The van der Waals surface area contributed by atoms with Gasteiger partial charge >= 0.3 is 0 Å². The molecule has 2 aromatic heterocycles. The van der Waals surface area contributed by atoms with Crippen LogP contribution < -0.4 is 5.32 Å². The van der Waals surface area contributed by atoms with E-state index >= 15 is 0 Å². The number of benzene rings is 1. The van der Waals surface area contributed by atoms with Crippen molar-refractivity contribution in [3.63, 3.8) is 0 Å². The van der Waals surface area contributed by atoms with E-state index in [2.05, 4.69) is 20.4 Å². The van der Waals surface area contributed by atoms with Gasteiger partial charge in [0.2, 0.25) is 0 Å². The van der Waals surface area contributed by atoms with E-state index < -0.39 is 0 Å². The average Bonchev–Trinajstić information content (AvgIpc) is 2.92. The molecule has 108 valence electrons. The average molecular weight is 304 g/mol. The quantitative estimate of drug-likeness (QED) is 0.734. The summed E-state index contributed by atoms with van der Waals surface area (Å²) in [6, 6.07) is 7.47. The molecule has 0 spiro atoms. The van der Waals surface area contributed by atoms with Crippen LogP contribution in [0, 0.1) is 0 Å².